The maximum absolute atomic E-state index is 11.9. The predicted octanol–water partition coefficient (Wildman–Crippen LogP) is 0.853. The third-order valence-corrected chi connectivity index (χ3v) is 4.79. The highest BCUT2D eigenvalue weighted by Gasteiger charge is 2.29. The van der Waals surface area contributed by atoms with E-state index in [9.17, 15) is 13.2 Å². The maximum atomic E-state index is 11.9. The molecule has 1 N–H and O–H groups in total. The zero-order chi connectivity index (χ0) is 13.9. The minimum Gasteiger partial charge on any atom is -0.480 e. The van der Waals surface area contributed by atoms with Gasteiger partial charge in [0.1, 0.15) is 0 Å². The second-order valence-electron chi connectivity index (χ2n) is 4.08. The number of hydrogen-bond donors (Lipinski definition) is 1. The number of rotatable bonds is 6. The number of hydrogen-bond acceptors (Lipinski definition) is 4. The van der Waals surface area contributed by atoms with Crippen molar-refractivity contribution in [3.63, 3.8) is 0 Å². The van der Waals surface area contributed by atoms with Crippen LogP contribution >= 0.6 is 0 Å². The molecule has 1 aromatic heterocycles. The minimum atomic E-state index is -3.70. The molecule has 7 heteroatoms. The van der Waals surface area contributed by atoms with Gasteiger partial charge in [-0.15, -0.1) is 0 Å². The number of carbonyl (C=O) groups is 1. The molecule has 0 saturated carbocycles. The van der Waals surface area contributed by atoms with E-state index in [4.69, 9.17) is 5.11 Å². The largest absolute Gasteiger partial charge is 0.480 e. The summed E-state index contributed by atoms with van der Waals surface area (Å²) in [7, 11) is -3.70. The zero-order valence-electron chi connectivity index (χ0n) is 10.8. The van der Waals surface area contributed by atoms with Gasteiger partial charge in [0.15, 0.2) is 15.1 Å². The first-order valence-electron chi connectivity index (χ1n) is 5.81. The third kappa shape index (κ3) is 3.10. The van der Waals surface area contributed by atoms with Crippen LogP contribution in [0.1, 0.15) is 32.2 Å². The lowest BCUT2D eigenvalue weighted by atomic mass is 10.3. The van der Waals surface area contributed by atoms with Gasteiger partial charge in [-0.3, -0.25) is 9.48 Å². The molecule has 0 saturated heterocycles. The molecule has 6 nitrogen and oxygen atoms in total. The number of carboxylic acids is 1. The predicted molar refractivity (Wildman–Crippen MR) is 67.0 cm³/mol. The van der Waals surface area contributed by atoms with Gasteiger partial charge < -0.3 is 5.11 Å². The number of nitrogens with zero attached hydrogens (tertiary/aromatic N) is 2. The number of aryl methyl sites for hydroxylation is 2. The van der Waals surface area contributed by atoms with Gasteiger partial charge in [-0.2, -0.15) is 5.10 Å². The Morgan fingerprint density at radius 2 is 2.11 bits per heavy atom. The molecule has 0 fully saturated rings. The lowest BCUT2D eigenvalue weighted by molar-refractivity contribution is -0.136. The Kier molecular flexibility index (Phi) is 4.50. The molecule has 0 amide bonds. The van der Waals surface area contributed by atoms with Gasteiger partial charge in [-0.05, 0) is 26.3 Å². The number of carboxylic acid groups (broad SMARTS) is 1. The SMILES string of the molecule is CCc1cc(CS(=O)(=O)C(C)C(=O)O)n(CC)n1. The van der Waals surface area contributed by atoms with Crippen molar-refractivity contribution in [3.05, 3.63) is 17.5 Å². The van der Waals surface area contributed by atoms with E-state index in [1.54, 1.807) is 10.7 Å². The molecule has 1 rings (SSSR count). The van der Waals surface area contributed by atoms with E-state index < -0.39 is 21.1 Å². The molecule has 18 heavy (non-hydrogen) atoms. The molecule has 0 aliphatic rings. The second kappa shape index (κ2) is 5.51. The molecule has 0 aliphatic heterocycles. The van der Waals surface area contributed by atoms with Gasteiger partial charge in [-0.25, -0.2) is 8.42 Å². The van der Waals surface area contributed by atoms with Crippen LogP contribution in [0.3, 0.4) is 0 Å². The van der Waals surface area contributed by atoms with Crippen molar-refractivity contribution in [3.8, 4) is 0 Å². The Morgan fingerprint density at radius 1 is 1.50 bits per heavy atom. The van der Waals surface area contributed by atoms with Crippen molar-refractivity contribution in [2.75, 3.05) is 0 Å². The Labute approximate surface area is 107 Å². The van der Waals surface area contributed by atoms with Crippen LogP contribution in [0, 0.1) is 0 Å². The maximum Gasteiger partial charge on any atom is 0.321 e. The summed E-state index contributed by atoms with van der Waals surface area (Å²) < 4.78 is 25.4. The van der Waals surface area contributed by atoms with Crippen LogP contribution in [0.2, 0.25) is 0 Å². The van der Waals surface area contributed by atoms with Crippen LogP contribution in [0.4, 0.5) is 0 Å². The first-order chi connectivity index (χ1) is 8.31. The standard InChI is InChI=1S/C11H18N2O4S/c1-4-9-6-10(13(5-2)12-9)7-18(16,17)8(3)11(14)15/h6,8H,4-5,7H2,1-3H3,(H,14,15). The van der Waals surface area contributed by atoms with E-state index in [1.807, 2.05) is 13.8 Å². The lowest BCUT2D eigenvalue weighted by Crippen LogP contribution is -2.28. The highest BCUT2D eigenvalue weighted by Crippen LogP contribution is 2.13. The molecule has 1 heterocycles. The van der Waals surface area contributed by atoms with E-state index in [-0.39, 0.29) is 5.75 Å². The van der Waals surface area contributed by atoms with Crippen LogP contribution in [-0.4, -0.2) is 34.5 Å². The van der Waals surface area contributed by atoms with Crippen molar-refractivity contribution in [2.24, 2.45) is 0 Å². The van der Waals surface area contributed by atoms with E-state index in [0.29, 0.717) is 18.7 Å². The van der Waals surface area contributed by atoms with Gasteiger partial charge in [-0.1, -0.05) is 6.92 Å². The van der Waals surface area contributed by atoms with Crippen LogP contribution in [0.15, 0.2) is 6.07 Å². The molecule has 0 aromatic carbocycles. The summed E-state index contributed by atoms with van der Waals surface area (Å²) in [6.07, 6.45) is 0.717. The zero-order valence-corrected chi connectivity index (χ0v) is 11.6. The third-order valence-electron chi connectivity index (χ3n) is 2.81. The smallest absolute Gasteiger partial charge is 0.321 e. The molecule has 1 unspecified atom stereocenters. The number of aliphatic carboxylic acids is 1. The molecule has 102 valence electrons. The van der Waals surface area contributed by atoms with Gasteiger partial charge in [0.25, 0.3) is 0 Å². The summed E-state index contributed by atoms with van der Waals surface area (Å²) in [6, 6.07) is 1.72. The van der Waals surface area contributed by atoms with E-state index in [1.165, 1.54) is 6.92 Å². The quantitative estimate of drug-likeness (QED) is 0.830. The molecule has 1 aromatic rings. The fraction of sp³-hybridized carbons (Fsp3) is 0.636. The van der Waals surface area contributed by atoms with E-state index >= 15 is 0 Å². The molecular weight excluding hydrogens is 256 g/mol. The number of aromatic nitrogens is 2. The number of sulfone groups is 1. The van der Waals surface area contributed by atoms with E-state index in [2.05, 4.69) is 5.10 Å². The molecule has 0 bridgehead atoms. The Balaban J connectivity index is 3.03. The molecule has 0 spiro atoms. The van der Waals surface area contributed by atoms with Gasteiger partial charge in [0.05, 0.1) is 17.1 Å². The topological polar surface area (TPSA) is 89.3 Å². The lowest BCUT2D eigenvalue weighted by Gasteiger charge is -2.09. The van der Waals surface area contributed by atoms with E-state index in [0.717, 1.165) is 5.69 Å². The first kappa shape index (κ1) is 14.7. The minimum absolute atomic E-state index is 0.290. The van der Waals surface area contributed by atoms with Gasteiger partial charge >= 0.3 is 5.97 Å². The average Bonchev–Trinajstić information content (AvgIpc) is 2.69. The average molecular weight is 274 g/mol. The summed E-state index contributed by atoms with van der Waals surface area (Å²) in [5.74, 6) is -1.62. The highest BCUT2D eigenvalue weighted by atomic mass is 32.2. The molecule has 1 atom stereocenters. The van der Waals surface area contributed by atoms with Crippen LogP contribution < -0.4 is 0 Å². The van der Waals surface area contributed by atoms with Crippen molar-refractivity contribution >= 4 is 15.8 Å². The van der Waals surface area contributed by atoms with Crippen molar-refractivity contribution in [2.45, 2.75) is 44.7 Å². The normalized spacial score (nSPS) is 13.5. The van der Waals surface area contributed by atoms with Crippen molar-refractivity contribution in [1.29, 1.82) is 0 Å². The summed E-state index contributed by atoms with van der Waals surface area (Å²) in [6.45, 7) is 5.54. The molecule has 0 aliphatic carbocycles. The summed E-state index contributed by atoms with van der Waals surface area (Å²) in [5, 5.41) is 11.6. The Hall–Kier alpha value is -1.37. The van der Waals surface area contributed by atoms with Crippen LogP contribution in [-0.2, 0) is 33.4 Å². The molecule has 0 radical (unpaired) electrons. The van der Waals surface area contributed by atoms with Crippen molar-refractivity contribution < 1.29 is 18.3 Å². The Morgan fingerprint density at radius 3 is 2.56 bits per heavy atom. The van der Waals surface area contributed by atoms with Gasteiger partial charge in [0.2, 0.25) is 0 Å². The monoisotopic (exact) mass is 274 g/mol. The highest BCUT2D eigenvalue weighted by molar-refractivity contribution is 7.91. The second-order valence-corrected chi connectivity index (χ2v) is 6.41. The van der Waals surface area contributed by atoms with Crippen molar-refractivity contribution in [1.82, 2.24) is 9.78 Å². The summed E-state index contributed by atoms with van der Waals surface area (Å²) >= 11 is 0. The first-order valence-corrected chi connectivity index (χ1v) is 7.53. The summed E-state index contributed by atoms with van der Waals surface area (Å²) in [4.78, 5) is 10.8. The molecular formula is C11H18N2O4S. The summed E-state index contributed by atoms with van der Waals surface area (Å²) in [5.41, 5.74) is 1.35. The fourth-order valence-electron chi connectivity index (χ4n) is 1.56. The van der Waals surface area contributed by atoms with Crippen LogP contribution in [0.25, 0.3) is 0 Å². The van der Waals surface area contributed by atoms with Gasteiger partial charge in [0, 0.05) is 6.54 Å². The fourth-order valence-corrected chi connectivity index (χ4v) is 2.76. The van der Waals surface area contributed by atoms with Crippen LogP contribution in [0.5, 0.6) is 0 Å². The Bertz CT molecular complexity index is 533.